The summed E-state index contributed by atoms with van der Waals surface area (Å²) in [5, 5.41) is 0.160. The Morgan fingerprint density at radius 3 is 2.94 bits per heavy atom. The van der Waals surface area contributed by atoms with Crippen LogP contribution in [0.3, 0.4) is 0 Å². The van der Waals surface area contributed by atoms with Gasteiger partial charge in [0.2, 0.25) is 0 Å². The van der Waals surface area contributed by atoms with Gasteiger partial charge in [0.15, 0.2) is 5.03 Å². The van der Waals surface area contributed by atoms with Crippen molar-refractivity contribution >= 4 is 10.0 Å². The predicted octanol–water partition coefficient (Wildman–Crippen LogP) is 0.124. The summed E-state index contributed by atoms with van der Waals surface area (Å²) in [5.41, 5.74) is 0. The van der Waals surface area contributed by atoms with Gasteiger partial charge in [-0.1, -0.05) is 0 Å². The van der Waals surface area contributed by atoms with Gasteiger partial charge in [-0.05, 0) is 26.4 Å². The van der Waals surface area contributed by atoms with E-state index >= 15 is 0 Å². The third-order valence-electron chi connectivity index (χ3n) is 3.24. The number of nitrogens with one attached hydrogen (secondary N) is 1. The molecule has 1 atom stereocenters. The highest BCUT2D eigenvalue weighted by Crippen LogP contribution is 2.19. The highest BCUT2D eigenvalue weighted by molar-refractivity contribution is 7.89. The van der Waals surface area contributed by atoms with E-state index in [1.165, 1.54) is 16.8 Å². The first-order valence-corrected chi connectivity index (χ1v) is 7.11. The lowest BCUT2D eigenvalue weighted by Gasteiger charge is -2.34. The zero-order valence-corrected chi connectivity index (χ0v) is 10.9. The number of hydrogen-bond acceptors (Lipinski definition) is 4. The summed E-state index contributed by atoms with van der Waals surface area (Å²) in [5.74, 6) is 0. The Bertz CT molecular complexity index is 457. The summed E-state index contributed by atoms with van der Waals surface area (Å²) < 4.78 is 25.9. The number of rotatable bonds is 3. The molecule has 2 heterocycles. The number of aromatic amines is 1. The second-order valence-electron chi connectivity index (χ2n) is 4.50. The maximum absolute atomic E-state index is 12.2. The first-order chi connectivity index (χ1) is 8.01. The highest BCUT2D eigenvalue weighted by atomic mass is 32.2. The van der Waals surface area contributed by atoms with Crippen molar-refractivity contribution < 1.29 is 8.42 Å². The van der Waals surface area contributed by atoms with Crippen molar-refractivity contribution in [2.24, 2.45) is 0 Å². The van der Waals surface area contributed by atoms with Crippen LogP contribution in [0.4, 0.5) is 0 Å². The fourth-order valence-corrected chi connectivity index (χ4v) is 3.44. The molecule has 1 unspecified atom stereocenters. The largest absolute Gasteiger partial charge is 0.335 e. The topological polar surface area (TPSA) is 69.3 Å². The van der Waals surface area contributed by atoms with Crippen LogP contribution < -0.4 is 0 Å². The minimum Gasteiger partial charge on any atom is -0.335 e. The molecule has 2 rings (SSSR count). The molecule has 6 nitrogen and oxygen atoms in total. The molecular weight excluding hydrogens is 240 g/mol. The monoisotopic (exact) mass is 258 g/mol. The summed E-state index contributed by atoms with van der Waals surface area (Å²) in [6.45, 7) is 1.82. The maximum atomic E-state index is 12.2. The smallest absolute Gasteiger partial charge is 0.260 e. The number of hydrogen-bond donors (Lipinski definition) is 1. The molecule has 1 N–H and O–H groups in total. The zero-order valence-electron chi connectivity index (χ0n) is 10.1. The summed E-state index contributed by atoms with van der Waals surface area (Å²) in [7, 11) is 0.225. The molecule has 0 radical (unpaired) electrons. The van der Waals surface area contributed by atoms with Gasteiger partial charge in [0.05, 0.1) is 12.5 Å². The third-order valence-corrected chi connectivity index (χ3v) is 5.08. The molecule has 1 aliphatic rings. The van der Waals surface area contributed by atoms with Crippen molar-refractivity contribution in [3.05, 3.63) is 12.5 Å². The number of aromatic nitrogens is 2. The van der Waals surface area contributed by atoms with E-state index in [1.54, 1.807) is 7.05 Å². The Hall–Kier alpha value is -0.920. The minimum atomic E-state index is -3.43. The average molecular weight is 258 g/mol. The van der Waals surface area contributed by atoms with Crippen LogP contribution in [0.2, 0.25) is 0 Å². The zero-order chi connectivity index (χ0) is 12.5. The Labute approximate surface area is 102 Å². The van der Waals surface area contributed by atoms with Crippen molar-refractivity contribution in [1.29, 1.82) is 0 Å². The van der Waals surface area contributed by atoms with E-state index in [0.29, 0.717) is 0 Å². The lowest BCUT2D eigenvalue weighted by Crippen LogP contribution is -2.47. The minimum absolute atomic E-state index is 0.0436. The van der Waals surface area contributed by atoms with E-state index in [0.717, 1.165) is 25.9 Å². The summed E-state index contributed by atoms with van der Waals surface area (Å²) in [6, 6.07) is 0.0436. The standard InChI is InChI=1S/C10H18N4O2S/c1-13-5-3-4-9(7-13)14(2)17(15,16)10-6-11-8-12-10/h6,8-9H,3-5,7H2,1-2H3,(H,11,12). The quantitative estimate of drug-likeness (QED) is 0.836. The number of likely N-dealkylation sites (N-methyl/N-ethyl adjacent to an activating group) is 2. The maximum Gasteiger partial charge on any atom is 0.260 e. The number of sulfonamides is 1. The van der Waals surface area contributed by atoms with E-state index in [1.807, 2.05) is 7.05 Å². The highest BCUT2D eigenvalue weighted by Gasteiger charge is 2.31. The van der Waals surface area contributed by atoms with E-state index < -0.39 is 10.0 Å². The molecule has 1 fully saturated rings. The second-order valence-corrected chi connectivity index (χ2v) is 6.46. The van der Waals surface area contributed by atoms with Crippen LogP contribution in [-0.2, 0) is 10.0 Å². The number of H-pyrrole nitrogens is 1. The third kappa shape index (κ3) is 2.51. The second kappa shape index (κ2) is 4.75. The first kappa shape index (κ1) is 12.5. The summed E-state index contributed by atoms with van der Waals surface area (Å²) in [6.07, 6.45) is 4.67. The Balaban J connectivity index is 2.17. The van der Waals surface area contributed by atoms with Gasteiger partial charge in [0, 0.05) is 19.6 Å². The molecule has 0 saturated carbocycles. The van der Waals surface area contributed by atoms with Crippen LogP contribution in [0.5, 0.6) is 0 Å². The lowest BCUT2D eigenvalue weighted by atomic mass is 10.1. The van der Waals surface area contributed by atoms with Gasteiger partial charge < -0.3 is 9.88 Å². The molecule has 1 aromatic rings. The van der Waals surface area contributed by atoms with Crippen LogP contribution in [-0.4, -0.2) is 60.8 Å². The SMILES string of the molecule is CN1CCCC(N(C)S(=O)(=O)c2cnc[nH]2)C1. The van der Waals surface area contributed by atoms with E-state index in [-0.39, 0.29) is 11.1 Å². The van der Waals surface area contributed by atoms with Crippen molar-refractivity contribution in [3.8, 4) is 0 Å². The van der Waals surface area contributed by atoms with Crippen LogP contribution in [0, 0.1) is 0 Å². The number of nitrogens with zero attached hydrogens (tertiary/aromatic N) is 3. The summed E-state index contributed by atoms with van der Waals surface area (Å²) in [4.78, 5) is 8.57. The van der Waals surface area contributed by atoms with Gasteiger partial charge in [-0.15, -0.1) is 0 Å². The Morgan fingerprint density at radius 2 is 2.35 bits per heavy atom. The van der Waals surface area contributed by atoms with Crippen LogP contribution in [0.25, 0.3) is 0 Å². The van der Waals surface area contributed by atoms with E-state index in [9.17, 15) is 8.42 Å². The molecule has 96 valence electrons. The van der Waals surface area contributed by atoms with Gasteiger partial charge >= 0.3 is 0 Å². The molecule has 1 aromatic heterocycles. The number of likely N-dealkylation sites (tertiary alicyclic amines) is 1. The molecule has 0 aliphatic carbocycles. The van der Waals surface area contributed by atoms with Crippen molar-refractivity contribution in [2.45, 2.75) is 23.9 Å². The molecule has 0 amide bonds. The average Bonchev–Trinajstić information content (AvgIpc) is 2.82. The molecule has 7 heteroatoms. The molecule has 0 spiro atoms. The van der Waals surface area contributed by atoms with Crippen molar-refractivity contribution in [1.82, 2.24) is 19.2 Å². The van der Waals surface area contributed by atoms with Gasteiger partial charge in [-0.25, -0.2) is 13.4 Å². The summed E-state index contributed by atoms with van der Waals surface area (Å²) >= 11 is 0. The number of piperidine rings is 1. The van der Waals surface area contributed by atoms with Gasteiger partial charge in [-0.3, -0.25) is 0 Å². The molecule has 1 aliphatic heterocycles. The van der Waals surface area contributed by atoms with E-state index in [2.05, 4.69) is 14.9 Å². The Kier molecular flexibility index (Phi) is 3.50. The fraction of sp³-hybridized carbons (Fsp3) is 0.700. The Morgan fingerprint density at radius 1 is 1.59 bits per heavy atom. The molecule has 0 aromatic carbocycles. The fourth-order valence-electron chi connectivity index (χ4n) is 2.17. The predicted molar refractivity (Wildman–Crippen MR) is 64.1 cm³/mol. The normalized spacial score (nSPS) is 23.1. The van der Waals surface area contributed by atoms with Crippen molar-refractivity contribution in [2.75, 3.05) is 27.2 Å². The molecule has 17 heavy (non-hydrogen) atoms. The van der Waals surface area contributed by atoms with Gasteiger partial charge in [0.25, 0.3) is 10.0 Å². The van der Waals surface area contributed by atoms with Crippen LogP contribution >= 0.6 is 0 Å². The molecular formula is C10H18N4O2S. The van der Waals surface area contributed by atoms with Crippen LogP contribution in [0.1, 0.15) is 12.8 Å². The molecule has 0 bridgehead atoms. The van der Waals surface area contributed by atoms with Gasteiger partial charge in [-0.2, -0.15) is 4.31 Å². The lowest BCUT2D eigenvalue weighted by molar-refractivity contribution is 0.187. The number of imidazole rings is 1. The van der Waals surface area contributed by atoms with Crippen LogP contribution in [0.15, 0.2) is 17.6 Å². The van der Waals surface area contributed by atoms with Crippen molar-refractivity contribution in [3.63, 3.8) is 0 Å². The molecule has 1 saturated heterocycles. The van der Waals surface area contributed by atoms with Gasteiger partial charge in [0.1, 0.15) is 0 Å². The van der Waals surface area contributed by atoms with E-state index in [4.69, 9.17) is 0 Å². The first-order valence-electron chi connectivity index (χ1n) is 5.67.